The van der Waals surface area contributed by atoms with Crippen molar-refractivity contribution >= 4 is 35.1 Å². The van der Waals surface area contributed by atoms with Crippen LogP contribution in [0, 0.1) is 0 Å². The molecule has 0 radical (unpaired) electrons. The molecule has 0 aromatic carbocycles. The third-order valence-electron chi connectivity index (χ3n) is 3.26. The van der Waals surface area contributed by atoms with Gasteiger partial charge in [0.2, 0.25) is 0 Å². The molecule has 5 nitrogen and oxygen atoms in total. The Labute approximate surface area is 126 Å². The number of carbonyl (C=O) groups is 2. The second-order valence-corrected chi connectivity index (χ2v) is 6.84. The third-order valence-corrected chi connectivity index (χ3v) is 5.22. The number of carboxylic acids is 1. The molecule has 2 rings (SSSR count). The van der Waals surface area contributed by atoms with Gasteiger partial charge < -0.3 is 14.9 Å². The summed E-state index contributed by atoms with van der Waals surface area (Å²) in [7, 11) is 1.73. The highest BCUT2D eigenvalue weighted by atomic mass is 32.2. The first-order valence-corrected chi connectivity index (χ1v) is 8.47. The van der Waals surface area contributed by atoms with E-state index in [1.54, 1.807) is 35.0 Å². The van der Waals surface area contributed by atoms with Gasteiger partial charge in [-0.2, -0.15) is 11.8 Å². The van der Waals surface area contributed by atoms with Crippen LogP contribution in [0.4, 0.5) is 4.79 Å². The minimum Gasteiger partial charge on any atom is -0.480 e. The minimum absolute atomic E-state index is 0.186. The van der Waals surface area contributed by atoms with Crippen LogP contribution in [0.25, 0.3) is 0 Å². The number of hydrogen-bond acceptors (Lipinski definition) is 4. The molecule has 1 N–H and O–H groups in total. The lowest BCUT2D eigenvalue weighted by Gasteiger charge is -2.35. The molecule has 0 spiro atoms. The van der Waals surface area contributed by atoms with Crippen LogP contribution in [0.5, 0.6) is 0 Å². The Morgan fingerprint density at radius 3 is 3.00 bits per heavy atom. The van der Waals surface area contributed by atoms with E-state index in [4.69, 9.17) is 0 Å². The van der Waals surface area contributed by atoms with Crippen molar-refractivity contribution in [2.45, 2.75) is 12.5 Å². The summed E-state index contributed by atoms with van der Waals surface area (Å²) in [6.07, 6.45) is 0.806. The highest BCUT2D eigenvalue weighted by molar-refractivity contribution is 7.99. The Kier molecular flexibility index (Phi) is 5.31. The minimum atomic E-state index is -0.919. The van der Waals surface area contributed by atoms with Crippen molar-refractivity contribution < 1.29 is 14.7 Å². The van der Waals surface area contributed by atoms with Gasteiger partial charge in [0.1, 0.15) is 6.04 Å². The monoisotopic (exact) mass is 314 g/mol. The van der Waals surface area contributed by atoms with Crippen molar-refractivity contribution in [3.63, 3.8) is 0 Å². The number of carboxylic acid groups (broad SMARTS) is 1. The number of likely N-dealkylation sites (N-methyl/N-ethyl adjacent to an activating group) is 1. The van der Waals surface area contributed by atoms with E-state index in [0.29, 0.717) is 18.8 Å². The molecule has 1 atom stereocenters. The maximum atomic E-state index is 12.4. The summed E-state index contributed by atoms with van der Waals surface area (Å²) >= 11 is 3.25. The molecule has 1 saturated heterocycles. The zero-order valence-corrected chi connectivity index (χ0v) is 13.0. The zero-order valence-electron chi connectivity index (χ0n) is 11.3. The number of urea groups is 1. The normalized spacial score (nSPS) is 18.9. The Balaban J connectivity index is 1.92. The summed E-state index contributed by atoms with van der Waals surface area (Å²) in [6, 6.07) is 3.14. The van der Waals surface area contributed by atoms with E-state index < -0.39 is 12.0 Å². The van der Waals surface area contributed by atoms with Gasteiger partial charge in [-0.05, 0) is 17.9 Å². The van der Waals surface area contributed by atoms with Gasteiger partial charge in [0.25, 0.3) is 0 Å². The third kappa shape index (κ3) is 3.67. The van der Waals surface area contributed by atoms with E-state index in [0.717, 1.165) is 12.2 Å². The number of rotatable bonds is 4. The summed E-state index contributed by atoms with van der Waals surface area (Å²) in [5, 5.41) is 11.2. The zero-order chi connectivity index (χ0) is 14.5. The van der Waals surface area contributed by atoms with Gasteiger partial charge in [-0.3, -0.25) is 0 Å². The number of nitrogens with zero attached hydrogens (tertiary/aromatic N) is 2. The lowest BCUT2D eigenvalue weighted by atomic mass is 10.3. The largest absolute Gasteiger partial charge is 0.480 e. The first-order valence-electron chi connectivity index (χ1n) is 6.44. The highest BCUT2D eigenvalue weighted by Gasteiger charge is 2.33. The van der Waals surface area contributed by atoms with Gasteiger partial charge in [0.15, 0.2) is 0 Å². The fraction of sp³-hybridized carbons (Fsp3) is 0.538. The molecule has 2 amide bonds. The molecular weight excluding hydrogens is 296 g/mol. The highest BCUT2D eigenvalue weighted by Crippen LogP contribution is 2.18. The van der Waals surface area contributed by atoms with Crippen LogP contribution in [0.1, 0.15) is 4.88 Å². The molecule has 1 aliphatic rings. The van der Waals surface area contributed by atoms with Crippen LogP contribution < -0.4 is 0 Å². The summed E-state index contributed by atoms with van der Waals surface area (Å²) in [4.78, 5) is 27.9. The fourth-order valence-corrected chi connectivity index (χ4v) is 3.82. The number of thiophene rings is 1. The molecule has 1 unspecified atom stereocenters. The van der Waals surface area contributed by atoms with E-state index >= 15 is 0 Å². The predicted molar refractivity (Wildman–Crippen MR) is 81.5 cm³/mol. The number of carbonyl (C=O) groups excluding carboxylic acids is 1. The molecule has 1 aromatic rings. The van der Waals surface area contributed by atoms with Crippen LogP contribution in [0.15, 0.2) is 17.5 Å². The number of thioether (sulfide) groups is 1. The lowest BCUT2D eigenvalue weighted by molar-refractivity contribution is -0.141. The van der Waals surface area contributed by atoms with Crippen LogP contribution in [0.3, 0.4) is 0 Å². The molecule has 20 heavy (non-hydrogen) atoms. The standard InChI is InChI=1S/C13H18N2O3S2/c1-14(5-4-10-3-2-7-20-10)13(18)15-6-8-19-9-11(15)12(16)17/h2-3,7,11H,4-6,8-9H2,1H3,(H,16,17). The van der Waals surface area contributed by atoms with Crippen molar-refractivity contribution in [1.29, 1.82) is 0 Å². The molecule has 2 heterocycles. The van der Waals surface area contributed by atoms with Crippen molar-refractivity contribution in [2.24, 2.45) is 0 Å². The van der Waals surface area contributed by atoms with E-state index in [1.165, 1.54) is 9.78 Å². The maximum Gasteiger partial charge on any atom is 0.327 e. The average molecular weight is 314 g/mol. The number of aliphatic carboxylic acids is 1. The topological polar surface area (TPSA) is 60.9 Å². The molecule has 0 bridgehead atoms. The molecule has 1 aliphatic heterocycles. The summed E-state index contributed by atoms with van der Waals surface area (Å²) in [6.45, 7) is 1.11. The molecule has 0 saturated carbocycles. The maximum absolute atomic E-state index is 12.4. The first kappa shape index (κ1) is 15.2. The Bertz CT molecular complexity index is 464. The first-order chi connectivity index (χ1) is 9.59. The van der Waals surface area contributed by atoms with Crippen molar-refractivity contribution in [2.75, 3.05) is 31.6 Å². The van der Waals surface area contributed by atoms with E-state index in [-0.39, 0.29) is 6.03 Å². The molecule has 7 heteroatoms. The van der Waals surface area contributed by atoms with Gasteiger partial charge in [-0.1, -0.05) is 6.07 Å². The summed E-state index contributed by atoms with van der Waals surface area (Å²) < 4.78 is 0. The van der Waals surface area contributed by atoms with Crippen LogP contribution in [0.2, 0.25) is 0 Å². The Hall–Kier alpha value is -1.21. The molecule has 1 fully saturated rings. The van der Waals surface area contributed by atoms with Gasteiger partial charge in [-0.15, -0.1) is 11.3 Å². The van der Waals surface area contributed by atoms with Crippen molar-refractivity contribution in [1.82, 2.24) is 9.80 Å². The summed E-state index contributed by atoms with van der Waals surface area (Å²) in [5.41, 5.74) is 0. The SMILES string of the molecule is CN(CCc1cccs1)C(=O)N1CCSCC1C(=O)O. The molecular formula is C13H18N2O3S2. The molecule has 0 aliphatic carbocycles. The lowest BCUT2D eigenvalue weighted by Crippen LogP contribution is -2.54. The molecule has 110 valence electrons. The van der Waals surface area contributed by atoms with Gasteiger partial charge >= 0.3 is 12.0 Å². The van der Waals surface area contributed by atoms with Gasteiger partial charge in [0, 0.05) is 36.5 Å². The average Bonchev–Trinajstić information content (AvgIpc) is 2.97. The van der Waals surface area contributed by atoms with E-state index in [2.05, 4.69) is 0 Å². The second kappa shape index (κ2) is 6.99. The van der Waals surface area contributed by atoms with Crippen LogP contribution in [-0.2, 0) is 11.2 Å². The number of hydrogen-bond donors (Lipinski definition) is 1. The van der Waals surface area contributed by atoms with Crippen molar-refractivity contribution in [3.8, 4) is 0 Å². The van der Waals surface area contributed by atoms with Crippen LogP contribution >= 0.6 is 23.1 Å². The Morgan fingerprint density at radius 2 is 2.35 bits per heavy atom. The van der Waals surface area contributed by atoms with E-state index in [1.807, 2.05) is 17.5 Å². The number of amides is 2. The van der Waals surface area contributed by atoms with E-state index in [9.17, 15) is 14.7 Å². The van der Waals surface area contributed by atoms with Gasteiger partial charge in [-0.25, -0.2) is 9.59 Å². The second-order valence-electron chi connectivity index (χ2n) is 4.66. The Morgan fingerprint density at radius 1 is 1.55 bits per heavy atom. The quantitative estimate of drug-likeness (QED) is 0.921. The smallest absolute Gasteiger partial charge is 0.327 e. The molecule has 1 aromatic heterocycles. The fourth-order valence-electron chi connectivity index (χ4n) is 2.08. The van der Waals surface area contributed by atoms with Gasteiger partial charge in [0.05, 0.1) is 0 Å². The predicted octanol–water partition coefficient (Wildman–Crippen LogP) is 1.84. The van der Waals surface area contributed by atoms with Crippen molar-refractivity contribution in [3.05, 3.63) is 22.4 Å². The summed E-state index contributed by atoms with van der Waals surface area (Å²) in [5.74, 6) is 0.353. The van der Waals surface area contributed by atoms with Crippen LogP contribution in [-0.4, -0.2) is 64.6 Å².